The van der Waals surface area contributed by atoms with Gasteiger partial charge in [-0.15, -0.1) is 0 Å². The summed E-state index contributed by atoms with van der Waals surface area (Å²) >= 11 is 0. The van der Waals surface area contributed by atoms with E-state index in [1.54, 1.807) is 6.92 Å². The van der Waals surface area contributed by atoms with E-state index in [2.05, 4.69) is 0 Å². The zero-order valence-corrected chi connectivity index (χ0v) is 11.0. The summed E-state index contributed by atoms with van der Waals surface area (Å²) in [6, 6.07) is 0. The fraction of sp³-hybridized carbons (Fsp3) is 0.917. The molecule has 0 aromatic rings. The lowest BCUT2D eigenvalue weighted by Gasteiger charge is -2.29. The smallest absolute Gasteiger partial charge is 0.335 e. The Bertz CT molecular complexity index is 213. The molecule has 0 fully saturated rings. The van der Waals surface area contributed by atoms with Crippen molar-refractivity contribution in [2.75, 3.05) is 0 Å². The quantitative estimate of drug-likeness (QED) is 0.678. The average Bonchev–Trinajstić information content (AvgIpc) is 2.00. The molecule has 0 aliphatic carbocycles. The lowest BCUT2D eigenvalue weighted by atomic mass is 10.1. The SMILES string of the molecule is CCC(C)(C)OC(C)C(=O)OC(C)(C)C. The minimum Gasteiger partial charge on any atom is -0.458 e. The van der Waals surface area contributed by atoms with Gasteiger partial charge in [0.2, 0.25) is 0 Å². The molecule has 0 heterocycles. The second kappa shape index (κ2) is 4.97. The van der Waals surface area contributed by atoms with E-state index in [0.717, 1.165) is 6.42 Å². The Hall–Kier alpha value is -0.570. The van der Waals surface area contributed by atoms with Gasteiger partial charge in [0, 0.05) is 0 Å². The van der Waals surface area contributed by atoms with Crippen molar-refractivity contribution < 1.29 is 14.3 Å². The first-order chi connectivity index (χ1) is 6.57. The first-order valence-electron chi connectivity index (χ1n) is 5.48. The maximum atomic E-state index is 11.6. The predicted molar refractivity (Wildman–Crippen MR) is 60.8 cm³/mol. The van der Waals surface area contributed by atoms with Crippen molar-refractivity contribution >= 4 is 5.97 Å². The highest BCUT2D eigenvalue weighted by atomic mass is 16.6. The molecule has 0 aromatic carbocycles. The lowest BCUT2D eigenvalue weighted by molar-refractivity contribution is -0.176. The molecule has 90 valence electrons. The van der Waals surface area contributed by atoms with Crippen molar-refractivity contribution in [1.82, 2.24) is 0 Å². The Morgan fingerprint density at radius 2 is 1.67 bits per heavy atom. The van der Waals surface area contributed by atoms with E-state index >= 15 is 0 Å². The highest BCUT2D eigenvalue weighted by Gasteiger charge is 2.27. The molecule has 3 nitrogen and oxygen atoms in total. The molecule has 0 spiro atoms. The summed E-state index contributed by atoms with van der Waals surface area (Å²) in [5.41, 5.74) is -0.735. The standard InChI is InChI=1S/C12H24O3/c1-8-12(6,7)14-9(2)10(13)15-11(3,4)5/h9H,8H2,1-7H3. The summed E-state index contributed by atoms with van der Waals surface area (Å²) in [6.45, 7) is 13.2. The van der Waals surface area contributed by atoms with Gasteiger partial charge in [-0.2, -0.15) is 0 Å². The van der Waals surface area contributed by atoms with Crippen LogP contribution >= 0.6 is 0 Å². The van der Waals surface area contributed by atoms with Crippen LogP contribution in [-0.4, -0.2) is 23.3 Å². The zero-order valence-electron chi connectivity index (χ0n) is 11.0. The van der Waals surface area contributed by atoms with Crippen LogP contribution < -0.4 is 0 Å². The van der Waals surface area contributed by atoms with Crippen LogP contribution in [0.1, 0.15) is 54.9 Å². The monoisotopic (exact) mass is 216 g/mol. The minimum atomic E-state index is -0.515. The zero-order chi connectivity index (χ0) is 12.3. The van der Waals surface area contributed by atoms with Gasteiger partial charge in [-0.05, 0) is 48.0 Å². The highest BCUT2D eigenvalue weighted by molar-refractivity contribution is 5.74. The molecular weight excluding hydrogens is 192 g/mol. The Morgan fingerprint density at radius 3 is 2.00 bits per heavy atom. The van der Waals surface area contributed by atoms with Gasteiger partial charge in [-0.1, -0.05) is 6.92 Å². The molecule has 0 saturated carbocycles. The first-order valence-corrected chi connectivity index (χ1v) is 5.48. The molecule has 0 radical (unpaired) electrons. The number of hydrogen-bond acceptors (Lipinski definition) is 3. The number of carbonyl (C=O) groups excluding carboxylic acids is 1. The molecule has 0 bridgehead atoms. The van der Waals surface area contributed by atoms with Gasteiger partial charge in [0.25, 0.3) is 0 Å². The third-order valence-corrected chi connectivity index (χ3v) is 2.09. The fourth-order valence-electron chi connectivity index (χ4n) is 0.995. The molecule has 3 heteroatoms. The van der Waals surface area contributed by atoms with E-state index in [0.29, 0.717) is 0 Å². The Kier molecular flexibility index (Phi) is 4.78. The largest absolute Gasteiger partial charge is 0.458 e. The van der Waals surface area contributed by atoms with Crippen LogP contribution in [0.15, 0.2) is 0 Å². The fourth-order valence-corrected chi connectivity index (χ4v) is 0.995. The van der Waals surface area contributed by atoms with Crippen LogP contribution in [0.5, 0.6) is 0 Å². The number of carbonyl (C=O) groups is 1. The van der Waals surface area contributed by atoms with Crippen LogP contribution in [0.25, 0.3) is 0 Å². The van der Waals surface area contributed by atoms with Gasteiger partial charge in [0.1, 0.15) is 5.60 Å². The van der Waals surface area contributed by atoms with Gasteiger partial charge in [-0.25, -0.2) is 4.79 Å². The Morgan fingerprint density at radius 1 is 1.20 bits per heavy atom. The predicted octanol–water partition coefficient (Wildman–Crippen LogP) is 2.92. The summed E-state index contributed by atoms with van der Waals surface area (Å²) < 4.78 is 10.8. The molecule has 15 heavy (non-hydrogen) atoms. The molecule has 0 aliphatic rings. The summed E-state index contributed by atoms with van der Waals surface area (Å²) in [5.74, 6) is -0.302. The van der Waals surface area contributed by atoms with Gasteiger partial charge >= 0.3 is 5.97 Å². The van der Waals surface area contributed by atoms with Gasteiger partial charge in [0.15, 0.2) is 6.10 Å². The lowest BCUT2D eigenvalue weighted by Crippen LogP contribution is -2.37. The van der Waals surface area contributed by atoms with Crippen molar-refractivity contribution in [1.29, 1.82) is 0 Å². The van der Waals surface area contributed by atoms with Crippen LogP contribution in [0.2, 0.25) is 0 Å². The summed E-state index contributed by atoms with van der Waals surface area (Å²) in [6.07, 6.45) is 0.347. The van der Waals surface area contributed by atoms with E-state index < -0.39 is 11.7 Å². The van der Waals surface area contributed by atoms with Gasteiger partial charge < -0.3 is 9.47 Å². The Balaban J connectivity index is 4.23. The molecule has 0 rings (SSSR count). The maximum Gasteiger partial charge on any atom is 0.335 e. The average molecular weight is 216 g/mol. The van der Waals surface area contributed by atoms with E-state index in [1.165, 1.54) is 0 Å². The van der Waals surface area contributed by atoms with Crippen molar-refractivity contribution in [2.24, 2.45) is 0 Å². The Labute approximate surface area is 93.1 Å². The second-order valence-corrected chi connectivity index (χ2v) is 5.41. The molecule has 0 aliphatic heterocycles. The third kappa shape index (κ3) is 6.50. The normalized spacial score (nSPS) is 14.9. The molecule has 0 aromatic heterocycles. The van der Waals surface area contributed by atoms with Gasteiger partial charge in [0.05, 0.1) is 5.60 Å². The van der Waals surface area contributed by atoms with Crippen molar-refractivity contribution in [3.05, 3.63) is 0 Å². The van der Waals surface area contributed by atoms with Crippen LogP contribution in [0.3, 0.4) is 0 Å². The van der Waals surface area contributed by atoms with E-state index in [4.69, 9.17) is 9.47 Å². The number of hydrogen-bond donors (Lipinski definition) is 0. The molecule has 0 saturated heterocycles. The van der Waals surface area contributed by atoms with Crippen molar-refractivity contribution in [3.8, 4) is 0 Å². The van der Waals surface area contributed by atoms with Crippen LogP contribution in [0, 0.1) is 0 Å². The molecule has 0 N–H and O–H groups in total. The maximum absolute atomic E-state index is 11.6. The number of rotatable bonds is 4. The topological polar surface area (TPSA) is 35.5 Å². The van der Waals surface area contributed by atoms with E-state index in [9.17, 15) is 4.79 Å². The van der Waals surface area contributed by atoms with Crippen LogP contribution in [-0.2, 0) is 14.3 Å². The second-order valence-electron chi connectivity index (χ2n) is 5.41. The molecule has 1 unspecified atom stereocenters. The summed E-state index contributed by atoms with van der Waals surface area (Å²) in [4.78, 5) is 11.6. The number of ether oxygens (including phenoxy) is 2. The van der Waals surface area contributed by atoms with Crippen LogP contribution in [0.4, 0.5) is 0 Å². The van der Waals surface area contributed by atoms with E-state index in [1.807, 2.05) is 41.5 Å². The summed E-state index contributed by atoms with van der Waals surface area (Å²) in [7, 11) is 0. The highest BCUT2D eigenvalue weighted by Crippen LogP contribution is 2.18. The summed E-state index contributed by atoms with van der Waals surface area (Å²) in [5, 5.41) is 0. The van der Waals surface area contributed by atoms with Crippen molar-refractivity contribution in [3.63, 3.8) is 0 Å². The third-order valence-electron chi connectivity index (χ3n) is 2.09. The molecule has 1 atom stereocenters. The first kappa shape index (κ1) is 14.4. The van der Waals surface area contributed by atoms with Crippen molar-refractivity contribution in [2.45, 2.75) is 72.2 Å². The minimum absolute atomic E-state index is 0.281. The number of esters is 1. The molecular formula is C12H24O3. The van der Waals surface area contributed by atoms with Gasteiger partial charge in [-0.3, -0.25) is 0 Å². The molecule has 0 amide bonds. The van der Waals surface area contributed by atoms with E-state index in [-0.39, 0.29) is 11.6 Å².